The molecule has 1 fully saturated rings. The van der Waals surface area contributed by atoms with Crippen molar-refractivity contribution in [3.05, 3.63) is 42.5 Å². The lowest BCUT2D eigenvalue weighted by atomic mass is 10.1. The number of anilines is 1. The maximum Gasteiger partial charge on any atom is 0.244 e. The van der Waals surface area contributed by atoms with Crippen molar-refractivity contribution in [2.24, 2.45) is 0 Å². The Morgan fingerprint density at radius 3 is 3.04 bits per heavy atom. The van der Waals surface area contributed by atoms with Gasteiger partial charge in [0.1, 0.15) is 12.7 Å². The predicted octanol–water partition coefficient (Wildman–Crippen LogP) is 1.72. The second-order valence-corrected chi connectivity index (χ2v) is 6.70. The van der Waals surface area contributed by atoms with E-state index < -0.39 is 0 Å². The van der Waals surface area contributed by atoms with Gasteiger partial charge < -0.3 is 4.90 Å². The summed E-state index contributed by atoms with van der Waals surface area (Å²) in [5.74, 6) is 0.213. The van der Waals surface area contributed by atoms with Crippen molar-refractivity contribution >= 4 is 11.6 Å². The van der Waals surface area contributed by atoms with Crippen LogP contribution in [-0.2, 0) is 17.8 Å². The van der Waals surface area contributed by atoms with E-state index in [0.717, 1.165) is 44.6 Å². The lowest BCUT2D eigenvalue weighted by Gasteiger charge is -2.32. The van der Waals surface area contributed by atoms with Gasteiger partial charge in [0, 0.05) is 18.3 Å². The largest absolute Gasteiger partial charge is 0.310 e. The van der Waals surface area contributed by atoms with Gasteiger partial charge in [-0.3, -0.25) is 14.4 Å². The van der Waals surface area contributed by atoms with Crippen LogP contribution in [0.25, 0.3) is 0 Å². The van der Waals surface area contributed by atoms with E-state index in [-0.39, 0.29) is 11.9 Å². The molecule has 0 unspecified atom stereocenters. The second kappa shape index (κ2) is 6.36. The van der Waals surface area contributed by atoms with E-state index in [1.54, 1.807) is 12.7 Å². The Morgan fingerprint density at radius 2 is 2.21 bits per heavy atom. The molecule has 0 bridgehead atoms. The van der Waals surface area contributed by atoms with Crippen LogP contribution in [0.15, 0.2) is 36.9 Å². The third-order valence-corrected chi connectivity index (χ3v) is 5.30. The molecular formula is C18H23N5O. The third-order valence-electron chi connectivity index (χ3n) is 5.30. The molecule has 1 aromatic carbocycles. The number of hydrogen-bond donors (Lipinski definition) is 0. The molecule has 0 radical (unpaired) electrons. The van der Waals surface area contributed by atoms with E-state index in [4.69, 9.17) is 0 Å². The summed E-state index contributed by atoms with van der Waals surface area (Å²) in [6.07, 6.45) is 6.51. The average molecular weight is 325 g/mol. The van der Waals surface area contributed by atoms with E-state index in [1.807, 2.05) is 28.6 Å². The number of rotatable bonds is 4. The fourth-order valence-electron chi connectivity index (χ4n) is 4.04. The highest BCUT2D eigenvalue weighted by atomic mass is 16.2. The van der Waals surface area contributed by atoms with E-state index in [9.17, 15) is 4.79 Å². The Balaban J connectivity index is 1.48. The molecule has 24 heavy (non-hydrogen) atoms. The van der Waals surface area contributed by atoms with Gasteiger partial charge in [0.05, 0.1) is 12.6 Å². The molecule has 2 aromatic rings. The summed E-state index contributed by atoms with van der Waals surface area (Å²) in [5, 5.41) is 4.21. The Labute approximate surface area is 142 Å². The zero-order valence-corrected chi connectivity index (χ0v) is 14.0. The summed E-state index contributed by atoms with van der Waals surface area (Å²) in [6, 6.07) is 8.49. The molecule has 0 N–H and O–H groups in total. The molecule has 0 aliphatic carbocycles. The van der Waals surface area contributed by atoms with Gasteiger partial charge in [-0.15, -0.1) is 0 Å². The fourth-order valence-corrected chi connectivity index (χ4v) is 4.04. The summed E-state index contributed by atoms with van der Waals surface area (Å²) in [7, 11) is 0. The van der Waals surface area contributed by atoms with Crippen LogP contribution in [0, 0.1) is 0 Å². The number of hydrogen-bond acceptors (Lipinski definition) is 4. The maximum absolute atomic E-state index is 13.1. The van der Waals surface area contributed by atoms with Crippen LogP contribution in [0.1, 0.15) is 25.3 Å². The first kappa shape index (κ1) is 15.3. The van der Waals surface area contributed by atoms with Crippen molar-refractivity contribution < 1.29 is 4.79 Å². The summed E-state index contributed by atoms with van der Waals surface area (Å²) >= 11 is 0. The molecule has 2 aliphatic rings. The standard InChI is InChI=1S/C18H23N5O/c1-14(18(24)23-10-8-15-5-2-3-7-17(15)23)22-9-4-6-16(22)11-21-13-19-12-20-21/h2-3,5,7,12-14,16H,4,6,8-11H2,1H3/t14-,16+/m0/s1. The molecule has 1 amide bonds. The number of fused-ring (bicyclic) bond motifs is 1. The molecule has 6 heteroatoms. The zero-order valence-electron chi connectivity index (χ0n) is 14.0. The van der Waals surface area contributed by atoms with Crippen molar-refractivity contribution in [3.8, 4) is 0 Å². The maximum atomic E-state index is 13.1. The van der Waals surface area contributed by atoms with Crippen LogP contribution in [0.2, 0.25) is 0 Å². The van der Waals surface area contributed by atoms with Crippen molar-refractivity contribution in [2.75, 3.05) is 18.0 Å². The number of likely N-dealkylation sites (tertiary alicyclic amines) is 1. The quantitative estimate of drug-likeness (QED) is 0.859. The molecule has 1 saturated heterocycles. The van der Waals surface area contributed by atoms with Crippen LogP contribution in [0.5, 0.6) is 0 Å². The highest BCUT2D eigenvalue weighted by Gasteiger charge is 2.36. The van der Waals surface area contributed by atoms with Crippen molar-refractivity contribution in [3.63, 3.8) is 0 Å². The van der Waals surface area contributed by atoms with Crippen molar-refractivity contribution in [2.45, 2.75) is 44.8 Å². The molecule has 1 aromatic heterocycles. The van der Waals surface area contributed by atoms with Crippen LogP contribution in [0.3, 0.4) is 0 Å². The Hall–Kier alpha value is -2.21. The Kier molecular flexibility index (Phi) is 4.06. The molecule has 3 heterocycles. The average Bonchev–Trinajstić information content (AvgIpc) is 3.34. The normalized spacial score (nSPS) is 21.9. The van der Waals surface area contributed by atoms with Crippen LogP contribution in [-0.4, -0.2) is 50.7 Å². The molecule has 0 spiro atoms. The lowest BCUT2D eigenvalue weighted by molar-refractivity contribution is -0.123. The molecule has 2 aliphatic heterocycles. The number of benzene rings is 1. The Bertz CT molecular complexity index is 714. The molecule has 2 atom stereocenters. The van der Waals surface area contributed by atoms with Gasteiger partial charge >= 0.3 is 0 Å². The number of amides is 1. The lowest BCUT2D eigenvalue weighted by Crippen LogP contribution is -2.49. The fraction of sp³-hybridized carbons (Fsp3) is 0.500. The summed E-state index contributed by atoms with van der Waals surface area (Å²) < 4.78 is 1.87. The molecule has 0 saturated carbocycles. The van der Waals surface area contributed by atoms with Crippen LogP contribution >= 0.6 is 0 Å². The first-order chi connectivity index (χ1) is 11.7. The second-order valence-electron chi connectivity index (χ2n) is 6.70. The number of para-hydroxylation sites is 1. The first-order valence-corrected chi connectivity index (χ1v) is 8.71. The Morgan fingerprint density at radius 1 is 1.33 bits per heavy atom. The number of aromatic nitrogens is 3. The summed E-state index contributed by atoms with van der Waals surface area (Å²) in [5.41, 5.74) is 2.36. The number of carbonyl (C=O) groups is 1. The SMILES string of the molecule is C[C@@H](C(=O)N1CCc2ccccc21)N1CCC[C@@H]1Cn1cncn1. The molecular weight excluding hydrogens is 302 g/mol. The smallest absolute Gasteiger partial charge is 0.244 e. The molecule has 6 nitrogen and oxygen atoms in total. The van der Waals surface area contributed by atoms with Crippen molar-refractivity contribution in [1.82, 2.24) is 19.7 Å². The van der Waals surface area contributed by atoms with E-state index in [2.05, 4.69) is 27.1 Å². The van der Waals surface area contributed by atoms with Gasteiger partial charge in [-0.25, -0.2) is 4.98 Å². The van der Waals surface area contributed by atoms with Gasteiger partial charge in [-0.1, -0.05) is 18.2 Å². The first-order valence-electron chi connectivity index (χ1n) is 8.71. The van der Waals surface area contributed by atoms with Gasteiger partial charge in [0.2, 0.25) is 5.91 Å². The van der Waals surface area contributed by atoms with Gasteiger partial charge in [-0.2, -0.15) is 5.10 Å². The van der Waals surface area contributed by atoms with E-state index in [0.29, 0.717) is 6.04 Å². The van der Waals surface area contributed by atoms with Crippen molar-refractivity contribution in [1.29, 1.82) is 0 Å². The summed E-state index contributed by atoms with van der Waals surface area (Å²) in [6.45, 7) is 4.61. The predicted molar refractivity (Wildman–Crippen MR) is 91.7 cm³/mol. The topological polar surface area (TPSA) is 54.3 Å². The highest BCUT2D eigenvalue weighted by molar-refractivity contribution is 5.98. The zero-order chi connectivity index (χ0) is 16.5. The third kappa shape index (κ3) is 2.71. The van der Waals surface area contributed by atoms with Gasteiger partial charge in [0.25, 0.3) is 0 Å². The van der Waals surface area contributed by atoms with E-state index in [1.165, 1.54) is 5.56 Å². The minimum absolute atomic E-state index is 0.104. The van der Waals surface area contributed by atoms with Crippen LogP contribution < -0.4 is 4.90 Å². The van der Waals surface area contributed by atoms with Crippen LogP contribution in [0.4, 0.5) is 5.69 Å². The highest BCUT2D eigenvalue weighted by Crippen LogP contribution is 2.30. The van der Waals surface area contributed by atoms with Gasteiger partial charge in [0.15, 0.2) is 0 Å². The summed E-state index contributed by atoms with van der Waals surface area (Å²) in [4.78, 5) is 21.4. The van der Waals surface area contributed by atoms with Gasteiger partial charge in [-0.05, 0) is 44.4 Å². The molecule has 126 valence electrons. The molecule has 4 rings (SSSR count). The number of nitrogens with zero attached hydrogens (tertiary/aromatic N) is 5. The number of carbonyl (C=O) groups excluding carboxylic acids is 1. The van der Waals surface area contributed by atoms with E-state index >= 15 is 0 Å². The minimum Gasteiger partial charge on any atom is -0.310 e. The monoisotopic (exact) mass is 325 g/mol. The minimum atomic E-state index is -0.104.